The van der Waals surface area contributed by atoms with Crippen molar-refractivity contribution in [1.82, 2.24) is 0 Å². The van der Waals surface area contributed by atoms with Crippen molar-refractivity contribution in [2.45, 2.75) is 335 Å². The summed E-state index contributed by atoms with van der Waals surface area (Å²) in [7, 11) is 0. The van der Waals surface area contributed by atoms with Crippen LogP contribution in [0.15, 0.2) is 237 Å². The van der Waals surface area contributed by atoms with Gasteiger partial charge >= 0.3 is 5.97 Å². The lowest BCUT2D eigenvalue weighted by Gasteiger charge is -2.42. The van der Waals surface area contributed by atoms with Crippen molar-refractivity contribution >= 4 is 17.6 Å². The molecule has 8 N–H and O–H groups in total. The smallest absolute Gasteiger partial charge is 0.327 e. The highest BCUT2D eigenvalue weighted by Crippen LogP contribution is 2.61. The van der Waals surface area contributed by atoms with Gasteiger partial charge in [0.25, 0.3) is 0 Å². The van der Waals surface area contributed by atoms with Gasteiger partial charge in [-0.05, 0) is 301 Å². The van der Waals surface area contributed by atoms with Crippen LogP contribution < -0.4 is 0 Å². The Balaban J connectivity index is 0.000000181. The predicted molar refractivity (Wildman–Crippen MR) is 487 cm³/mol. The molecular formula is C106H150ClF3O9. The van der Waals surface area contributed by atoms with Gasteiger partial charge in [0.1, 0.15) is 18.5 Å². The molecular weight excluding hydrogens is 1510 g/mol. The highest BCUT2D eigenvalue weighted by molar-refractivity contribution is 6.22. The summed E-state index contributed by atoms with van der Waals surface area (Å²) in [6.07, 6.45) is 62.8. The fourth-order valence-electron chi connectivity index (χ4n) is 23.0. The number of hydrogen-bond acceptors (Lipinski definition) is 8. The number of aliphatic hydroxyl groups is 7. The van der Waals surface area contributed by atoms with Crippen molar-refractivity contribution in [2.24, 2.45) is 69.0 Å². The van der Waals surface area contributed by atoms with Gasteiger partial charge in [-0.1, -0.05) is 256 Å². The summed E-state index contributed by atoms with van der Waals surface area (Å²) in [6.45, 7) is 42.4. The molecule has 9 nitrogen and oxygen atoms in total. The van der Waals surface area contributed by atoms with Crippen molar-refractivity contribution in [3.8, 4) is 0 Å². The van der Waals surface area contributed by atoms with Gasteiger partial charge in [0.15, 0.2) is 0 Å². The molecule has 13 heteroatoms. The summed E-state index contributed by atoms with van der Waals surface area (Å²) in [4.78, 5) is 10.7. The van der Waals surface area contributed by atoms with Gasteiger partial charge in [0.2, 0.25) is 0 Å². The number of alkyl halides is 4. The molecule has 12 rings (SSSR count). The van der Waals surface area contributed by atoms with Gasteiger partial charge in [-0.2, -0.15) is 0 Å². The van der Waals surface area contributed by atoms with E-state index in [9.17, 15) is 48.6 Å². The third-order valence-electron chi connectivity index (χ3n) is 30.1. The van der Waals surface area contributed by atoms with Gasteiger partial charge in [-0.3, -0.25) is 0 Å². The Bertz CT molecular complexity index is 4140. The maximum atomic E-state index is 14.1. The summed E-state index contributed by atoms with van der Waals surface area (Å²) in [5, 5.41) is 78.0. The van der Waals surface area contributed by atoms with E-state index < -0.39 is 54.0 Å². The number of carboxylic acids is 1. The Kier molecular flexibility index (Phi) is 34.7. The molecule has 0 saturated heterocycles. The van der Waals surface area contributed by atoms with Crippen LogP contribution in [0.3, 0.4) is 0 Å². The number of carbonyl (C=O) groups is 1. The molecule has 119 heavy (non-hydrogen) atoms. The standard InChI is InChI=1S/C29H43ClO2.C27H39FO2.C25H33FO3.C25H35FO2/c1-6-29(32,7-2)17-8-10-20(3)25-14-15-26-22(11-9-16-28(25,26)5)12-13-23-18-24(31)19-27(30)21(23)4;1-18(8-6-14-26(3,4)30)23-12-13-24-20(9-7-15-27(23,24)5)10-11-21-16-22(29)17-25(28)19(21)2;1-16(6-4-8-24(28)29)21-11-12-22-18(7-5-13-25(21,22)3)9-10-19-14-20(27)15-23(26)17(19)2;1-17(7-4-5-14-27)22-11-12-23-19(8-6-13-25(22,23)3)9-10-20-15-21(28)16-24(26)18(20)2/h8,12-14,17,20,24,26-27,31-32H,4,6-7,9-11,15-16,18-19H2,1-3,5H3;6,10-12,14,18,22,24-25,29-30H,2,7-9,13,15-17H2,1,3-5H3;4,8-11,16,20,22-23,27H,2,5-7,12-15H2,1,3H3,(H,28,29);4-5,9-11,17,21,23-24,27-28H,2,6-8,12-16H2,1,3H3/b17-8+,22-12+,23-13-;14-6+,20-10+,21-11-;8-4+,18-9+,19-10-;5-4+,19-9+,20-10-. The van der Waals surface area contributed by atoms with E-state index in [4.69, 9.17) is 21.8 Å². The second kappa shape index (κ2) is 42.6. The molecule has 20 atom stereocenters. The van der Waals surface area contributed by atoms with Crippen LogP contribution in [0.5, 0.6) is 0 Å². The maximum absolute atomic E-state index is 14.1. The minimum atomic E-state index is -1.15. The average molecular weight is 1660 g/mol. The summed E-state index contributed by atoms with van der Waals surface area (Å²) >= 11 is 6.38. The quantitative estimate of drug-likeness (QED) is 0.0298. The number of allylic oxidation sites excluding steroid dienone is 28. The topological polar surface area (TPSA) is 179 Å². The second-order valence-electron chi connectivity index (χ2n) is 39.2. The SMILES string of the molecule is C=C1/C(=C\C=C2/CCCC3(C)C(C(C)C/C=C/C(=O)O)=CCC23)CC(O)CC1F.C=C1/C(=C\C=C2/CCCC3(C)C(C(C)C/C=C/C(C)(C)O)=CCC23)CC(O)CC1F.C=C1/C(=C\C=C2/CCCC3(C)C(C(C)C/C=C/C(O)(CC)CC)=CCC23)CC(O)CC1Cl.C=C1/C(=C\C=C2/CCCC3(C)C(C(C)C/C=C/CO)=CCC23)CC(O)CC1F. The van der Waals surface area contributed by atoms with Crippen LogP contribution in [0, 0.1) is 69.0 Å². The molecule has 0 amide bonds. The van der Waals surface area contributed by atoms with E-state index in [1.165, 1.54) is 72.5 Å². The molecule has 0 bridgehead atoms. The highest BCUT2D eigenvalue weighted by atomic mass is 35.5. The van der Waals surface area contributed by atoms with Gasteiger partial charge < -0.3 is 40.9 Å². The van der Waals surface area contributed by atoms with E-state index in [0.717, 1.165) is 131 Å². The zero-order chi connectivity index (χ0) is 87.1. The Labute approximate surface area is 720 Å². The first kappa shape index (κ1) is 96.9. The predicted octanol–water partition coefficient (Wildman–Crippen LogP) is 25.1. The zero-order valence-corrected chi connectivity index (χ0v) is 75.3. The van der Waals surface area contributed by atoms with Crippen LogP contribution in [0.25, 0.3) is 0 Å². The Morgan fingerprint density at radius 1 is 0.462 bits per heavy atom. The number of aliphatic carboxylic acids is 1. The number of fused-ring (bicyclic) bond motifs is 4. The normalized spacial score (nSPS) is 36.3. The van der Waals surface area contributed by atoms with E-state index in [0.29, 0.717) is 96.2 Å². The third kappa shape index (κ3) is 24.2. The minimum absolute atomic E-state index is 0.102. The lowest BCUT2D eigenvalue weighted by Crippen LogP contribution is -2.32. The molecule has 0 aromatic carbocycles. The van der Waals surface area contributed by atoms with Crippen LogP contribution in [0.2, 0.25) is 0 Å². The minimum Gasteiger partial charge on any atom is -0.478 e. The third-order valence-corrected chi connectivity index (χ3v) is 30.6. The summed E-state index contributed by atoms with van der Waals surface area (Å²) < 4.78 is 42.2. The number of halogens is 4. The number of rotatable bonds is 22. The lowest BCUT2D eigenvalue weighted by atomic mass is 9.62. The molecule has 0 aromatic rings. The number of hydrogen-bond donors (Lipinski definition) is 8. The molecule has 0 radical (unpaired) electrons. The van der Waals surface area contributed by atoms with Crippen LogP contribution in [-0.4, -0.2) is 113 Å². The van der Waals surface area contributed by atoms with E-state index >= 15 is 0 Å². The maximum Gasteiger partial charge on any atom is 0.327 e. The first-order valence-corrected chi connectivity index (χ1v) is 46.1. The Morgan fingerprint density at radius 2 is 0.748 bits per heavy atom. The molecule has 20 unspecified atom stereocenters. The van der Waals surface area contributed by atoms with E-state index in [-0.39, 0.29) is 59.0 Å². The van der Waals surface area contributed by atoms with Gasteiger partial charge in [-0.25, -0.2) is 18.0 Å². The van der Waals surface area contributed by atoms with Crippen molar-refractivity contribution in [1.29, 1.82) is 0 Å². The molecule has 8 saturated carbocycles. The highest BCUT2D eigenvalue weighted by Gasteiger charge is 2.50. The lowest BCUT2D eigenvalue weighted by molar-refractivity contribution is -0.131. The van der Waals surface area contributed by atoms with Crippen molar-refractivity contribution in [3.63, 3.8) is 0 Å². The van der Waals surface area contributed by atoms with Crippen LogP contribution >= 0.6 is 11.6 Å². The van der Waals surface area contributed by atoms with Crippen molar-refractivity contribution < 1.29 is 58.8 Å². The zero-order valence-electron chi connectivity index (χ0n) is 74.5. The van der Waals surface area contributed by atoms with Crippen LogP contribution in [0.4, 0.5) is 13.2 Å². The van der Waals surface area contributed by atoms with Gasteiger partial charge in [0.05, 0.1) is 47.6 Å². The largest absolute Gasteiger partial charge is 0.478 e. The van der Waals surface area contributed by atoms with Crippen LogP contribution in [-0.2, 0) is 4.79 Å². The first-order valence-electron chi connectivity index (χ1n) is 45.6. The average Bonchev–Trinajstić information content (AvgIpc) is 1.63. The molecule has 0 aliphatic heterocycles. The van der Waals surface area contributed by atoms with Crippen LogP contribution in [0.1, 0.15) is 276 Å². The molecule has 8 fully saturated rings. The molecule has 12 aliphatic rings. The fraction of sp³-hybridized carbons (Fsp3) is 0.613. The second-order valence-corrected chi connectivity index (χ2v) is 39.7. The van der Waals surface area contributed by atoms with Gasteiger partial charge in [0, 0.05) is 25.3 Å². The molecule has 0 aromatic heterocycles. The number of aliphatic hydroxyl groups excluding tert-OH is 5. The summed E-state index contributed by atoms with van der Waals surface area (Å²) in [5.74, 6) is 2.86. The Hall–Kier alpha value is -5.93. The molecule has 656 valence electrons. The molecule has 0 spiro atoms. The monoisotopic (exact) mass is 1660 g/mol. The van der Waals surface area contributed by atoms with E-state index in [1.54, 1.807) is 36.6 Å². The first-order chi connectivity index (χ1) is 56.2. The summed E-state index contributed by atoms with van der Waals surface area (Å²) in [6, 6.07) is 0. The molecule has 0 heterocycles. The van der Waals surface area contributed by atoms with Crippen molar-refractivity contribution in [3.05, 3.63) is 237 Å². The van der Waals surface area contributed by atoms with Gasteiger partial charge in [-0.15, -0.1) is 11.6 Å². The fourth-order valence-corrected chi connectivity index (χ4v) is 23.3. The summed E-state index contributed by atoms with van der Waals surface area (Å²) in [5.41, 5.74) is 17.4. The van der Waals surface area contributed by atoms with E-state index in [2.05, 4.69) is 155 Å². The Morgan fingerprint density at radius 3 is 1.04 bits per heavy atom. The van der Waals surface area contributed by atoms with E-state index in [1.807, 2.05) is 50.3 Å². The molecule has 12 aliphatic carbocycles. The van der Waals surface area contributed by atoms with Crippen molar-refractivity contribution in [2.75, 3.05) is 6.61 Å². The number of carboxylic acid groups (broad SMARTS) is 1.